The van der Waals surface area contributed by atoms with Crippen molar-refractivity contribution < 1.29 is 8.42 Å². The molecule has 0 radical (unpaired) electrons. The van der Waals surface area contributed by atoms with Gasteiger partial charge < -0.3 is 5.32 Å². The quantitative estimate of drug-likeness (QED) is 0.564. The fourth-order valence-corrected chi connectivity index (χ4v) is 2.43. The van der Waals surface area contributed by atoms with Crippen LogP contribution in [0.25, 0.3) is 0 Å². The number of nitrogens with one attached hydrogen (secondary N) is 3. The van der Waals surface area contributed by atoms with Gasteiger partial charge in [0, 0.05) is 12.6 Å². The van der Waals surface area contributed by atoms with Crippen LogP contribution in [0.15, 0.2) is 0 Å². The van der Waals surface area contributed by atoms with Gasteiger partial charge in [0.2, 0.25) is 10.0 Å². The third-order valence-corrected chi connectivity index (χ3v) is 2.95. The van der Waals surface area contributed by atoms with E-state index in [4.69, 9.17) is 0 Å². The molecular formula is C6H12N6O2S. The van der Waals surface area contributed by atoms with Gasteiger partial charge in [0.15, 0.2) is 5.82 Å². The highest BCUT2D eigenvalue weighted by Crippen LogP contribution is 2.19. The maximum Gasteiger partial charge on any atom is 0.208 e. The zero-order valence-corrected chi connectivity index (χ0v) is 8.95. The Morgan fingerprint density at radius 3 is 2.93 bits per heavy atom. The van der Waals surface area contributed by atoms with Crippen LogP contribution in [0.1, 0.15) is 18.3 Å². The average molecular weight is 232 g/mol. The first-order chi connectivity index (χ1) is 7.04. The summed E-state index contributed by atoms with van der Waals surface area (Å²) in [7, 11) is -3.15. The lowest BCUT2D eigenvalue weighted by atomic mass is 10.2. The minimum absolute atomic E-state index is 0.0389. The number of nitrogens with zero attached hydrogens (tertiary/aromatic N) is 3. The summed E-state index contributed by atoms with van der Waals surface area (Å²) >= 11 is 0. The van der Waals surface area contributed by atoms with Crippen molar-refractivity contribution in [3.63, 3.8) is 0 Å². The standard InChI is InChI=1S/C6H12N6O2S/c1-15(13,14)10-4-2-5(7-3-4)6-8-11-12-9-6/h4-5,7,10H,2-3H2,1H3,(H,8,9,11,12)/t4-,5+/m0/s1. The normalized spacial score (nSPS) is 27.0. The molecule has 1 aliphatic rings. The van der Waals surface area contributed by atoms with Crippen molar-refractivity contribution in [2.75, 3.05) is 12.8 Å². The Bertz CT molecular complexity index is 415. The molecule has 0 aromatic carbocycles. The summed E-state index contributed by atoms with van der Waals surface area (Å²) in [6, 6.07) is -0.147. The van der Waals surface area contributed by atoms with Gasteiger partial charge in [-0.2, -0.15) is 5.21 Å². The van der Waals surface area contributed by atoms with E-state index in [1.807, 2.05) is 0 Å². The van der Waals surface area contributed by atoms with E-state index in [0.29, 0.717) is 18.8 Å². The van der Waals surface area contributed by atoms with Crippen LogP contribution in [-0.4, -0.2) is 47.9 Å². The van der Waals surface area contributed by atoms with Crippen molar-refractivity contribution in [1.82, 2.24) is 30.7 Å². The van der Waals surface area contributed by atoms with Gasteiger partial charge in [-0.15, -0.1) is 10.2 Å². The van der Waals surface area contributed by atoms with Crippen LogP contribution < -0.4 is 10.0 Å². The first kappa shape index (κ1) is 10.5. The van der Waals surface area contributed by atoms with Crippen molar-refractivity contribution in [2.45, 2.75) is 18.5 Å². The predicted molar refractivity (Wildman–Crippen MR) is 51.3 cm³/mol. The molecule has 1 saturated heterocycles. The highest BCUT2D eigenvalue weighted by atomic mass is 32.2. The molecule has 0 bridgehead atoms. The maximum absolute atomic E-state index is 11.0. The fourth-order valence-electron chi connectivity index (χ4n) is 1.64. The molecule has 1 aliphatic heterocycles. The van der Waals surface area contributed by atoms with Crippen LogP contribution in [0.3, 0.4) is 0 Å². The molecule has 2 atom stereocenters. The number of H-pyrrole nitrogens is 1. The van der Waals surface area contributed by atoms with Gasteiger partial charge in [-0.1, -0.05) is 5.21 Å². The molecule has 0 spiro atoms. The van der Waals surface area contributed by atoms with Gasteiger partial charge in [-0.05, 0) is 6.42 Å². The summed E-state index contributed by atoms with van der Waals surface area (Å²) in [5.41, 5.74) is 0. The molecule has 2 heterocycles. The van der Waals surface area contributed by atoms with E-state index in [0.717, 1.165) is 6.26 Å². The second-order valence-electron chi connectivity index (χ2n) is 3.55. The van der Waals surface area contributed by atoms with Gasteiger partial charge in [0.05, 0.1) is 12.3 Å². The van der Waals surface area contributed by atoms with E-state index >= 15 is 0 Å². The van der Waals surface area contributed by atoms with Crippen molar-refractivity contribution in [3.8, 4) is 0 Å². The van der Waals surface area contributed by atoms with Gasteiger partial charge in [0.25, 0.3) is 0 Å². The molecule has 0 saturated carbocycles. The molecule has 2 rings (SSSR count). The van der Waals surface area contributed by atoms with Gasteiger partial charge >= 0.3 is 0 Å². The first-order valence-corrected chi connectivity index (χ1v) is 6.38. The van der Waals surface area contributed by atoms with Crippen LogP contribution in [0.4, 0.5) is 0 Å². The van der Waals surface area contributed by atoms with E-state index in [1.54, 1.807) is 0 Å². The number of hydrogen-bond donors (Lipinski definition) is 3. The van der Waals surface area contributed by atoms with Crippen LogP contribution in [0.5, 0.6) is 0 Å². The lowest BCUT2D eigenvalue weighted by Gasteiger charge is -2.08. The van der Waals surface area contributed by atoms with Gasteiger partial charge in [-0.25, -0.2) is 13.1 Å². The number of aromatic nitrogens is 4. The van der Waals surface area contributed by atoms with E-state index in [1.165, 1.54) is 0 Å². The van der Waals surface area contributed by atoms with Crippen LogP contribution >= 0.6 is 0 Å². The van der Waals surface area contributed by atoms with Crippen molar-refractivity contribution in [2.24, 2.45) is 0 Å². The molecule has 8 nitrogen and oxygen atoms in total. The Labute approximate surface area is 86.9 Å². The molecule has 0 unspecified atom stereocenters. The van der Waals surface area contributed by atoms with Gasteiger partial charge in [-0.3, -0.25) is 0 Å². The third kappa shape index (κ3) is 2.70. The minimum atomic E-state index is -3.15. The minimum Gasteiger partial charge on any atom is -0.306 e. The Morgan fingerprint density at radius 2 is 2.33 bits per heavy atom. The number of aromatic amines is 1. The largest absolute Gasteiger partial charge is 0.306 e. The van der Waals surface area contributed by atoms with Crippen LogP contribution in [0.2, 0.25) is 0 Å². The molecule has 84 valence electrons. The van der Waals surface area contributed by atoms with Crippen LogP contribution in [-0.2, 0) is 10.0 Å². The molecule has 1 aromatic rings. The van der Waals surface area contributed by atoms with E-state index in [-0.39, 0.29) is 12.1 Å². The first-order valence-electron chi connectivity index (χ1n) is 4.48. The molecule has 0 amide bonds. The zero-order chi connectivity index (χ0) is 10.9. The lowest BCUT2D eigenvalue weighted by Crippen LogP contribution is -2.35. The second-order valence-corrected chi connectivity index (χ2v) is 5.33. The Hall–Kier alpha value is -1.06. The second kappa shape index (κ2) is 3.83. The fraction of sp³-hybridized carbons (Fsp3) is 0.833. The van der Waals surface area contributed by atoms with E-state index in [2.05, 4.69) is 30.7 Å². The highest BCUT2D eigenvalue weighted by Gasteiger charge is 2.29. The molecule has 9 heteroatoms. The van der Waals surface area contributed by atoms with Crippen molar-refractivity contribution >= 4 is 10.0 Å². The number of rotatable bonds is 3. The number of sulfonamides is 1. The summed E-state index contributed by atoms with van der Waals surface area (Å²) in [6.45, 7) is 0.576. The van der Waals surface area contributed by atoms with Crippen molar-refractivity contribution in [3.05, 3.63) is 5.82 Å². The molecule has 1 aromatic heterocycles. The molecule has 1 fully saturated rings. The summed E-state index contributed by atoms with van der Waals surface area (Å²) in [6.07, 6.45) is 1.78. The maximum atomic E-state index is 11.0. The monoisotopic (exact) mass is 232 g/mol. The molecule has 15 heavy (non-hydrogen) atoms. The number of tetrazole rings is 1. The topological polar surface area (TPSA) is 113 Å². The predicted octanol–water partition coefficient (Wildman–Crippen LogP) is -1.85. The SMILES string of the molecule is CS(=O)(=O)N[C@@H]1CN[C@@H](c2nn[nH]n2)C1. The highest BCUT2D eigenvalue weighted by molar-refractivity contribution is 7.88. The number of hydrogen-bond acceptors (Lipinski definition) is 6. The van der Waals surface area contributed by atoms with E-state index in [9.17, 15) is 8.42 Å². The lowest BCUT2D eigenvalue weighted by molar-refractivity contribution is 0.557. The molecule has 3 N–H and O–H groups in total. The molecular weight excluding hydrogens is 220 g/mol. The third-order valence-electron chi connectivity index (χ3n) is 2.19. The molecule has 0 aliphatic carbocycles. The van der Waals surface area contributed by atoms with Gasteiger partial charge in [0.1, 0.15) is 0 Å². The van der Waals surface area contributed by atoms with Crippen LogP contribution in [0, 0.1) is 0 Å². The Kier molecular flexibility index (Phi) is 2.67. The zero-order valence-electron chi connectivity index (χ0n) is 8.14. The summed E-state index contributed by atoms with van der Waals surface area (Å²) in [5.74, 6) is 0.563. The Morgan fingerprint density at radius 1 is 1.53 bits per heavy atom. The smallest absolute Gasteiger partial charge is 0.208 e. The summed E-state index contributed by atoms with van der Waals surface area (Å²) in [4.78, 5) is 0. The van der Waals surface area contributed by atoms with E-state index < -0.39 is 10.0 Å². The summed E-state index contributed by atoms with van der Waals surface area (Å²) in [5, 5.41) is 16.6. The summed E-state index contributed by atoms with van der Waals surface area (Å²) < 4.78 is 24.5. The average Bonchev–Trinajstić information content (AvgIpc) is 2.68. The van der Waals surface area contributed by atoms with Crippen molar-refractivity contribution in [1.29, 1.82) is 0 Å². The Balaban J connectivity index is 1.96.